The molecule has 0 aliphatic rings. The first-order valence-electron chi connectivity index (χ1n) is 6.06. The van der Waals surface area contributed by atoms with Gasteiger partial charge in [-0.05, 0) is 30.3 Å². The van der Waals surface area contributed by atoms with E-state index in [2.05, 4.69) is 15.6 Å². The molecule has 7 heteroatoms. The molecule has 0 atom stereocenters. The van der Waals surface area contributed by atoms with Crippen molar-refractivity contribution in [2.24, 2.45) is 0 Å². The second kappa shape index (κ2) is 6.00. The SMILES string of the molecule is CC(=O)Nc1ccc(F)c(NC(=O)c2ccc(N)cn2)c1. The molecule has 4 N–H and O–H groups in total. The highest BCUT2D eigenvalue weighted by Gasteiger charge is 2.11. The number of amides is 2. The maximum absolute atomic E-state index is 13.7. The normalized spacial score (nSPS) is 10.0. The zero-order chi connectivity index (χ0) is 15.4. The number of nitrogens with zero attached hydrogens (tertiary/aromatic N) is 1. The van der Waals surface area contributed by atoms with Crippen LogP contribution in [-0.2, 0) is 4.79 Å². The van der Waals surface area contributed by atoms with Crippen molar-refractivity contribution in [3.8, 4) is 0 Å². The summed E-state index contributed by atoms with van der Waals surface area (Å²) in [4.78, 5) is 26.8. The number of nitrogens with one attached hydrogen (secondary N) is 2. The molecule has 2 aromatic rings. The number of halogens is 1. The molecule has 0 radical (unpaired) electrons. The zero-order valence-corrected chi connectivity index (χ0v) is 11.2. The van der Waals surface area contributed by atoms with Gasteiger partial charge in [-0.2, -0.15) is 0 Å². The minimum absolute atomic E-state index is 0.0510. The molecule has 2 rings (SSSR count). The topological polar surface area (TPSA) is 97.1 Å². The Hall–Kier alpha value is -2.96. The van der Waals surface area contributed by atoms with Crippen LogP contribution in [0.4, 0.5) is 21.5 Å². The Morgan fingerprint density at radius 1 is 1.19 bits per heavy atom. The van der Waals surface area contributed by atoms with Crippen LogP contribution in [0.1, 0.15) is 17.4 Å². The highest BCUT2D eigenvalue weighted by atomic mass is 19.1. The van der Waals surface area contributed by atoms with E-state index in [4.69, 9.17) is 5.73 Å². The van der Waals surface area contributed by atoms with Gasteiger partial charge < -0.3 is 16.4 Å². The number of anilines is 3. The van der Waals surface area contributed by atoms with Crippen LogP contribution in [0.3, 0.4) is 0 Å². The van der Waals surface area contributed by atoms with Crippen molar-refractivity contribution in [3.63, 3.8) is 0 Å². The van der Waals surface area contributed by atoms with Gasteiger partial charge in [0.15, 0.2) is 0 Å². The smallest absolute Gasteiger partial charge is 0.274 e. The molecule has 1 aromatic heterocycles. The van der Waals surface area contributed by atoms with Gasteiger partial charge in [0.1, 0.15) is 11.5 Å². The summed E-state index contributed by atoms with van der Waals surface area (Å²) in [7, 11) is 0. The zero-order valence-electron chi connectivity index (χ0n) is 11.2. The van der Waals surface area contributed by atoms with Crippen molar-refractivity contribution in [1.29, 1.82) is 0 Å². The molecule has 0 aliphatic heterocycles. The molecule has 6 nitrogen and oxygen atoms in total. The number of benzene rings is 1. The van der Waals surface area contributed by atoms with E-state index in [0.717, 1.165) is 6.07 Å². The maximum atomic E-state index is 13.7. The fourth-order valence-electron chi connectivity index (χ4n) is 1.63. The van der Waals surface area contributed by atoms with Gasteiger partial charge in [-0.25, -0.2) is 9.37 Å². The van der Waals surface area contributed by atoms with Gasteiger partial charge in [-0.1, -0.05) is 0 Å². The molecule has 108 valence electrons. The van der Waals surface area contributed by atoms with Crippen molar-refractivity contribution in [2.75, 3.05) is 16.4 Å². The maximum Gasteiger partial charge on any atom is 0.274 e. The molecule has 0 bridgehead atoms. The number of rotatable bonds is 3. The van der Waals surface area contributed by atoms with E-state index in [1.807, 2.05) is 0 Å². The largest absolute Gasteiger partial charge is 0.397 e. The molecule has 2 amide bonds. The van der Waals surface area contributed by atoms with Crippen molar-refractivity contribution < 1.29 is 14.0 Å². The first kappa shape index (κ1) is 14.4. The molecular weight excluding hydrogens is 275 g/mol. The van der Waals surface area contributed by atoms with Crippen LogP contribution in [0.15, 0.2) is 36.5 Å². The van der Waals surface area contributed by atoms with E-state index in [-0.39, 0.29) is 17.3 Å². The second-order valence-corrected chi connectivity index (χ2v) is 4.31. The summed E-state index contributed by atoms with van der Waals surface area (Å²) in [5, 5.41) is 4.89. The Labute approximate surface area is 120 Å². The molecule has 21 heavy (non-hydrogen) atoms. The van der Waals surface area contributed by atoms with E-state index >= 15 is 0 Å². The predicted molar refractivity (Wildman–Crippen MR) is 77.3 cm³/mol. The van der Waals surface area contributed by atoms with E-state index in [1.165, 1.54) is 37.4 Å². The van der Waals surface area contributed by atoms with E-state index in [9.17, 15) is 14.0 Å². The summed E-state index contributed by atoms with van der Waals surface area (Å²) in [5.41, 5.74) is 6.33. The molecular formula is C14H13FN4O2. The molecule has 1 heterocycles. The molecule has 0 unspecified atom stereocenters. The van der Waals surface area contributed by atoms with Gasteiger partial charge in [0.05, 0.1) is 17.6 Å². The van der Waals surface area contributed by atoms with Gasteiger partial charge in [-0.15, -0.1) is 0 Å². The number of pyridine rings is 1. The highest BCUT2D eigenvalue weighted by Crippen LogP contribution is 2.20. The quantitative estimate of drug-likeness (QED) is 0.804. The summed E-state index contributed by atoms with van der Waals surface area (Å²) in [5.74, 6) is -1.49. The summed E-state index contributed by atoms with van der Waals surface area (Å²) >= 11 is 0. The highest BCUT2D eigenvalue weighted by molar-refractivity contribution is 6.03. The van der Waals surface area contributed by atoms with Crippen molar-refractivity contribution in [2.45, 2.75) is 6.92 Å². The standard InChI is InChI=1S/C14H13FN4O2/c1-8(20)18-10-3-4-11(15)13(6-10)19-14(21)12-5-2-9(16)7-17-12/h2-7H,16H2,1H3,(H,18,20)(H,19,21). The van der Waals surface area contributed by atoms with Crippen LogP contribution in [0.5, 0.6) is 0 Å². The van der Waals surface area contributed by atoms with Crippen LogP contribution >= 0.6 is 0 Å². The van der Waals surface area contributed by atoms with Gasteiger partial charge >= 0.3 is 0 Å². The lowest BCUT2D eigenvalue weighted by molar-refractivity contribution is -0.114. The average Bonchev–Trinajstić information content (AvgIpc) is 2.42. The number of carbonyl (C=O) groups is 2. The Morgan fingerprint density at radius 2 is 1.95 bits per heavy atom. The van der Waals surface area contributed by atoms with Crippen LogP contribution < -0.4 is 16.4 Å². The van der Waals surface area contributed by atoms with E-state index in [1.54, 1.807) is 0 Å². The number of hydrogen-bond donors (Lipinski definition) is 3. The van der Waals surface area contributed by atoms with Crippen LogP contribution in [0.2, 0.25) is 0 Å². The van der Waals surface area contributed by atoms with Crippen LogP contribution in [0, 0.1) is 5.82 Å². The molecule has 1 aromatic carbocycles. The fourth-order valence-corrected chi connectivity index (χ4v) is 1.63. The molecule has 0 saturated heterocycles. The number of aromatic nitrogens is 1. The predicted octanol–water partition coefficient (Wildman–Crippen LogP) is 2.01. The number of nitrogens with two attached hydrogens (primary N) is 1. The van der Waals surface area contributed by atoms with Gasteiger partial charge in [-0.3, -0.25) is 9.59 Å². The first-order chi connectivity index (χ1) is 9.95. The third kappa shape index (κ3) is 3.75. The van der Waals surface area contributed by atoms with Crippen molar-refractivity contribution >= 4 is 28.9 Å². The molecule has 0 spiro atoms. The van der Waals surface area contributed by atoms with Crippen LogP contribution in [-0.4, -0.2) is 16.8 Å². The van der Waals surface area contributed by atoms with Crippen molar-refractivity contribution in [3.05, 3.63) is 48.0 Å². The summed E-state index contributed by atoms with van der Waals surface area (Å²) in [6.07, 6.45) is 1.33. The Bertz CT molecular complexity index is 686. The van der Waals surface area contributed by atoms with E-state index < -0.39 is 11.7 Å². The second-order valence-electron chi connectivity index (χ2n) is 4.31. The Balaban J connectivity index is 2.20. The summed E-state index contributed by atoms with van der Waals surface area (Å²) in [6, 6.07) is 6.82. The molecule has 0 fully saturated rings. The lowest BCUT2D eigenvalue weighted by Gasteiger charge is -2.09. The van der Waals surface area contributed by atoms with Gasteiger partial charge in [0, 0.05) is 12.6 Å². The first-order valence-corrected chi connectivity index (χ1v) is 6.06. The lowest BCUT2D eigenvalue weighted by atomic mass is 10.2. The lowest BCUT2D eigenvalue weighted by Crippen LogP contribution is -2.15. The number of hydrogen-bond acceptors (Lipinski definition) is 4. The Kier molecular flexibility index (Phi) is 4.13. The van der Waals surface area contributed by atoms with Crippen molar-refractivity contribution in [1.82, 2.24) is 4.98 Å². The number of carbonyl (C=O) groups excluding carboxylic acids is 2. The average molecular weight is 288 g/mol. The van der Waals surface area contributed by atoms with Gasteiger partial charge in [0.2, 0.25) is 5.91 Å². The third-order valence-electron chi connectivity index (χ3n) is 2.55. The monoisotopic (exact) mass is 288 g/mol. The summed E-state index contributed by atoms with van der Waals surface area (Å²) < 4.78 is 13.7. The Morgan fingerprint density at radius 3 is 2.57 bits per heavy atom. The molecule has 0 saturated carbocycles. The minimum atomic E-state index is -0.618. The number of nitrogen functional groups attached to an aromatic ring is 1. The fraction of sp³-hybridized carbons (Fsp3) is 0.0714. The minimum Gasteiger partial charge on any atom is -0.397 e. The van der Waals surface area contributed by atoms with Gasteiger partial charge in [0.25, 0.3) is 5.91 Å². The van der Waals surface area contributed by atoms with E-state index in [0.29, 0.717) is 11.4 Å². The third-order valence-corrected chi connectivity index (χ3v) is 2.55. The van der Waals surface area contributed by atoms with Crippen LogP contribution in [0.25, 0.3) is 0 Å². The summed E-state index contributed by atoms with van der Waals surface area (Å²) in [6.45, 7) is 1.33. The molecule has 0 aliphatic carbocycles.